The second-order valence-corrected chi connectivity index (χ2v) is 31.8. The van der Waals surface area contributed by atoms with E-state index in [9.17, 15) is 157 Å². The summed E-state index contributed by atoms with van der Waals surface area (Å²) >= 11 is 0. The summed E-state index contributed by atoms with van der Waals surface area (Å²) in [5.41, 5.74) is 0. The molecule has 1 unspecified atom stereocenters. The van der Waals surface area contributed by atoms with Crippen molar-refractivity contribution < 1.29 is 247 Å². The van der Waals surface area contributed by atoms with Crippen LogP contribution in [-0.2, 0) is 114 Å². The highest BCUT2D eigenvalue weighted by Gasteiger charge is 2.61. The van der Waals surface area contributed by atoms with Gasteiger partial charge in [-0.2, -0.15) is 0 Å². The maximum Gasteiger partial charge on any atom is 0.217 e. The smallest absolute Gasteiger partial charge is 0.217 e. The van der Waals surface area contributed by atoms with Gasteiger partial charge in [0.1, 0.15) is 238 Å². The van der Waals surface area contributed by atoms with Crippen LogP contribution >= 0.6 is 0 Å². The summed E-state index contributed by atoms with van der Waals surface area (Å²) in [5.74, 6) is -4.56. The molecule has 10 saturated heterocycles. The van der Waals surface area contributed by atoms with E-state index in [1.54, 1.807) is 0 Å². The highest BCUT2D eigenvalue weighted by molar-refractivity contribution is 5.75. The molecule has 0 spiro atoms. The maximum atomic E-state index is 13.3. The van der Waals surface area contributed by atoms with Crippen LogP contribution in [0.4, 0.5) is 0 Å². The van der Waals surface area contributed by atoms with E-state index in [2.05, 4.69) is 26.6 Å². The number of hydrogen-bond acceptors (Lipinski definition) is 50. The van der Waals surface area contributed by atoms with E-state index < -0.39 is 396 Å². The summed E-state index contributed by atoms with van der Waals surface area (Å²) in [5, 5.41) is 304. The SMILES string of the molecule is CC(=O)N[C@H]1[C@H](O[C@H]2[C@H](O)[C@@H](NC(C)=O)C(O)O[C@@H]2CO[C@@H]2O[C@@H](C)[C@@H](O)[C@H](O)[C@@H]2O)O[C@H](CO)[C@@H](O[C@@H]2O[C@H](CO[C@H]3O[C@H](CO[C@@H]4O[C@H](CO)[C@@H](O)[C@H](O)[C@H]4NC(C)=O)[C@@H](O)[C@H](O)[C@@H]3O[C@@H]3O[C@H](CO)[C@@H](O)[C@H](O)[C@H]3NC(C)=O)[C@@H](O)[C@H](O[C@H]3O[C@H](CO)[C@@H](O)[C@H](O)[C@@H]3O[C@@H]3O[C@H](CO)[C@@H](O[C@@H]4O[C@H](CO)[C@H](O)[C@H](O)[C@H]4O)[C@H](O)[C@H]3NC(C)=O)[C@@H]2O)[C@@H]1O. The third-order valence-corrected chi connectivity index (χ3v) is 22.8. The fourth-order valence-electron chi connectivity index (χ4n) is 16.1. The molecule has 0 radical (unpaired) electrons. The Morgan fingerprint density at radius 1 is 0.224 bits per heavy atom. The quantitative estimate of drug-likeness (QED) is 0.0297. The van der Waals surface area contributed by atoms with Crippen LogP contribution in [-0.4, -0.2) is 529 Å². The molecule has 5 amide bonds. The average molecular weight is 1830 g/mol. The zero-order chi connectivity index (χ0) is 92.1. The van der Waals surface area contributed by atoms with E-state index in [0.717, 1.165) is 34.6 Å². The third kappa shape index (κ3) is 23.3. The molecule has 10 rings (SSSR count). The minimum absolute atomic E-state index is 0.815. The molecule has 10 fully saturated rings. The molecule has 31 N–H and O–H groups in total. The lowest BCUT2D eigenvalue weighted by molar-refractivity contribution is -0.399. The zero-order valence-electron chi connectivity index (χ0n) is 67.7. The summed E-state index contributed by atoms with van der Waals surface area (Å²) in [4.78, 5) is 64.0. The largest absolute Gasteiger partial charge is 0.394 e. The van der Waals surface area contributed by atoms with Crippen LogP contribution in [0.5, 0.6) is 0 Å². The van der Waals surface area contributed by atoms with Gasteiger partial charge in [-0.15, -0.1) is 0 Å². The van der Waals surface area contributed by atoms with Crippen LogP contribution in [0, 0.1) is 0 Å². The standard InChI is InChI=1S/C70H117N5O50/c1-16-36(87)48(99)52(103)66(110-16)108-15-30-57(45(96)31(61(106)111-30)71-17(2)82)120-64-34(74-20(5)85)46(97)56(27(12-81)116-64)122-68-54(105)58(123-70-60(50(101)40(91)25(10-79)115-70)125-65-35(75-21(6)86)47(98)55(26(11-80)117-65)121-67-53(104)49(100)39(90)24(9-78)114-67)42(93)29(118-68)14-109-69-59(124-63-33(73-19(4)84)44(95)38(89)23(8-77)113-63)51(102)41(92)28(119-69)13-107-62-32(72-18(3)83)43(94)37(88)22(7-76)112-62/h16,22-70,76-81,87-106H,7-15H2,1-6H3,(H,71,82)(H,72,83)(H,73,84)(H,74,85)(H,75,86)/t16-,22+,23+,24+,25+,26+,27+,28+,29+,30+,31+,32+,33+,34+,35+,36+,37+,38+,39-,40+,41+,42+,43+,44+,45+,46+,47+,48-,49-,50-,51-,52-,53+,54-,55+,56+,57+,58-,59-,60-,61?,62+,63-,64-,65-,66+,67-,68-,69-,70+/m0/s1. The Morgan fingerprint density at radius 2 is 0.504 bits per heavy atom. The third-order valence-electron chi connectivity index (χ3n) is 22.8. The Labute approximate surface area is 708 Å². The Hall–Kier alpha value is -4.45. The number of aliphatic hydroxyl groups excluding tert-OH is 26. The average Bonchev–Trinajstić information content (AvgIpc) is 0.776. The van der Waals surface area contributed by atoms with Gasteiger partial charge < -0.3 is 249 Å². The molecule has 125 heavy (non-hydrogen) atoms. The highest BCUT2D eigenvalue weighted by atomic mass is 16.8. The fourth-order valence-corrected chi connectivity index (χ4v) is 16.1. The van der Waals surface area contributed by atoms with Crippen molar-refractivity contribution in [2.75, 3.05) is 59.5 Å². The minimum Gasteiger partial charge on any atom is -0.394 e. The molecule has 10 aliphatic heterocycles. The molecule has 55 heteroatoms. The minimum atomic E-state index is -2.66. The van der Waals surface area contributed by atoms with Gasteiger partial charge in [-0.25, -0.2) is 0 Å². The molecule has 0 aliphatic carbocycles. The van der Waals surface area contributed by atoms with Gasteiger partial charge in [0.25, 0.3) is 0 Å². The van der Waals surface area contributed by atoms with E-state index in [1.807, 2.05) is 0 Å². The number of rotatable bonds is 32. The number of hydrogen-bond donors (Lipinski definition) is 31. The summed E-state index contributed by atoms with van der Waals surface area (Å²) in [6, 6.07) is -9.30. The number of nitrogens with one attached hydrogen (secondary N) is 5. The molecule has 10 aliphatic rings. The first kappa shape index (κ1) is 103. The van der Waals surface area contributed by atoms with Crippen molar-refractivity contribution in [1.82, 2.24) is 26.6 Å². The van der Waals surface area contributed by atoms with Gasteiger partial charge >= 0.3 is 0 Å². The molecule has 0 aromatic rings. The lowest BCUT2D eigenvalue weighted by Gasteiger charge is -2.51. The van der Waals surface area contributed by atoms with Crippen LogP contribution < -0.4 is 26.6 Å². The normalized spacial score (nSPS) is 48.7. The first-order chi connectivity index (χ1) is 59.0. The Kier molecular flexibility index (Phi) is 36.8. The van der Waals surface area contributed by atoms with Gasteiger partial charge in [0, 0.05) is 34.6 Å². The van der Waals surface area contributed by atoms with Gasteiger partial charge in [0.2, 0.25) is 29.5 Å². The molecule has 55 nitrogen and oxygen atoms in total. The number of amides is 5. The molecule has 10 heterocycles. The fraction of sp³-hybridized carbons (Fsp3) is 0.929. The molecule has 0 saturated carbocycles. The van der Waals surface area contributed by atoms with E-state index >= 15 is 0 Å². The first-order valence-electron chi connectivity index (χ1n) is 40.0. The zero-order valence-corrected chi connectivity index (χ0v) is 67.7. The summed E-state index contributed by atoms with van der Waals surface area (Å²) in [6.45, 7) is -3.71. The van der Waals surface area contributed by atoms with Crippen molar-refractivity contribution in [2.45, 2.75) is 348 Å². The predicted octanol–water partition coefficient (Wildman–Crippen LogP) is -21.1. The Balaban J connectivity index is 1.02. The second kappa shape index (κ2) is 44.9. The molecule has 0 aromatic carbocycles. The molecule has 0 bridgehead atoms. The Morgan fingerprint density at radius 3 is 0.968 bits per heavy atom. The highest BCUT2D eigenvalue weighted by Crippen LogP contribution is 2.40. The predicted molar refractivity (Wildman–Crippen MR) is 386 cm³/mol. The van der Waals surface area contributed by atoms with E-state index in [-0.39, 0.29) is 0 Å². The maximum absolute atomic E-state index is 13.3. The topological polar surface area (TPSA) is 847 Å². The molecule has 50 atom stereocenters. The van der Waals surface area contributed by atoms with Crippen LogP contribution in [0.1, 0.15) is 41.5 Å². The molecular formula is C70H117N5O50. The van der Waals surface area contributed by atoms with Crippen molar-refractivity contribution >= 4 is 29.5 Å². The number of aliphatic hydroxyl groups is 26. The van der Waals surface area contributed by atoms with E-state index in [1.165, 1.54) is 6.92 Å². The van der Waals surface area contributed by atoms with Gasteiger partial charge in [-0.1, -0.05) is 0 Å². The summed E-state index contributed by atoms with van der Waals surface area (Å²) < 4.78 is 114. The van der Waals surface area contributed by atoms with E-state index in [4.69, 9.17) is 90.0 Å². The summed E-state index contributed by atoms with van der Waals surface area (Å²) in [7, 11) is 0. The van der Waals surface area contributed by atoms with Gasteiger partial charge in [-0.05, 0) is 6.92 Å². The lowest BCUT2D eigenvalue weighted by atomic mass is 9.93. The van der Waals surface area contributed by atoms with E-state index in [0.29, 0.717) is 0 Å². The Bertz CT molecular complexity index is 3420. The van der Waals surface area contributed by atoms with Crippen LogP contribution in [0.25, 0.3) is 0 Å². The number of carbonyl (C=O) groups is 5. The van der Waals surface area contributed by atoms with Gasteiger partial charge in [0.15, 0.2) is 62.9 Å². The van der Waals surface area contributed by atoms with Crippen molar-refractivity contribution in [3.05, 3.63) is 0 Å². The second-order valence-electron chi connectivity index (χ2n) is 31.8. The molecule has 722 valence electrons. The van der Waals surface area contributed by atoms with Gasteiger partial charge in [-0.3, -0.25) is 24.0 Å². The first-order valence-corrected chi connectivity index (χ1v) is 40.0. The van der Waals surface area contributed by atoms with Gasteiger partial charge in [0.05, 0.1) is 65.6 Å². The number of carbonyl (C=O) groups excluding carboxylic acids is 5. The van der Waals surface area contributed by atoms with Crippen LogP contribution in [0.2, 0.25) is 0 Å². The van der Waals surface area contributed by atoms with Crippen LogP contribution in [0.3, 0.4) is 0 Å². The summed E-state index contributed by atoms with van der Waals surface area (Å²) in [6.07, 6.45) is -93.6. The van der Waals surface area contributed by atoms with Crippen molar-refractivity contribution in [1.29, 1.82) is 0 Å². The number of ether oxygens (including phenoxy) is 19. The molecule has 0 aromatic heterocycles. The van der Waals surface area contributed by atoms with Crippen molar-refractivity contribution in [2.24, 2.45) is 0 Å². The lowest BCUT2D eigenvalue weighted by Crippen LogP contribution is -2.71. The van der Waals surface area contributed by atoms with Crippen LogP contribution in [0.15, 0.2) is 0 Å². The molecular weight excluding hydrogens is 1710 g/mol. The van der Waals surface area contributed by atoms with Crippen molar-refractivity contribution in [3.8, 4) is 0 Å². The monoisotopic (exact) mass is 1830 g/mol. The van der Waals surface area contributed by atoms with Crippen molar-refractivity contribution in [3.63, 3.8) is 0 Å².